The van der Waals surface area contributed by atoms with E-state index in [0.717, 1.165) is 45.4 Å². The molecule has 1 aromatic carbocycles. The van der Waals surface area contributed by atoms with Crippen LogP contribution in [0.15, 0.2) is 35.3 Å². The van der Waals surface area contributed by atoms with Crippen molar-refractivity contribution in [3.63, 3.8) is 0 Å². The second kappa shape index (κ2) is 8.67. The Morgan fingerprint density at radius 1 is 1.33 bits per heavy atom. The third-order valence-electron chi connectivity index (χ3n) is 3.94. The fourth-order valence-electron chi connectivity index (χ4n) is 2.74. The van der Waals surface area contributed by atoms with Crippen LogP contribution in [0.1, 0.15) is 44.2 Å². The molecule has 3 N–H and O–H groups in total. The van der Waals surface area contributed by atoms with Gasteiger partial charge in [-0.2, -0.15) is 0 Å². The summed E-state index contributed by atoms with van der Waals surface area (Å²) in [5.74, 6) is 1.24. The third-order valence-corrected chi connectivity index (χ3v) is 3.94. The largest absolute Gasteiger partial charge is 0.381 e. The number of guanidine groups is 1. The predicted octanol–water partition coefficient (Wildman–Crippen LogP) is 2.86. The molecule has 1 atom stereocenters. The quantitative estimate of drug-likeness (QED) is 0.625. The van der Waals surface area contributed by atoms with Crippen LogP contribution in [0.2, 0.25) is 0 Å². The van der Waals surface area contributed by atoms with Crippen molar-refractivity contribution in [2.45, 2.75) is 38.6 Å². The molecule has 0 bridgehead atoms. The average Bonchev–Trinajstić information content (AvgIpc) is 2.54. The molecule has 0 amide bonds. The van der Waals surface area contributed by atoms with Crippen LogP contribution in [0.4, 0.5) is 0 Å². The Balaban J connectivity index is 2.03. The van der Waals surface area contributed by atoms with Gasteiger partial charge in [-0.05, 0) is 37.2 Å². The van der Waals surface area contributed by atoms with Gasteiger partial charge in [0.1, 0.15) is 0 Å². The standard InChI is InChI=1S/C17H27N3O/c1-2-10-19-17(18)20-16(15-6-4-3-5-7-15)13-14-8-11-21-12-9-14/h3-7,14,16H,2,8-13H2,1H3,(H3,18,19,20). The van der Waals surface area contributed by atoms with E-state index in [1.165, 1.54) is 5.56 Å². The Labute approximate surface area is 127 Å². The van der Waals surface area contributed by atoms with Gasteiger partial charge in [0.25, 0.3) is 0 Å². The summed E-state index contributed by atoms with van der Waals surface area (Å²) in [6, 6.07) is 10.7. The zero-order valence-electron chi connectivity index (χ0n) is 12.9. The van der Waals surface area contributed by atoms with Crippen molar-refractivity contribution in [2.24, 2.45) is 16.6 Å². The number of nitrogens with one attached hydrogen (secondary N) is 1. The summed E-state index contributed by atoms with van der Waals surface area (Å²) >= 11 is 0. The van der Waals surface area contributed by atoms with Crippen molar-refractivity contribution in [3.8, 4) is 0 Å². The van der Waals surface area contributed by atoms with Crippen LogP contribution in [0, 0.1) is 5.92 Å². The number of nitrogens with zero attached hydrogens (tertiary/aromatic N) is 1. The first-order valence-electron chi connectivity index (χ1n) is 7.98. The smallest absolute Gasteiger partial charge is 0.189 e. The maximum atomic E-state index is 6.02. The maximum absolute atomic E-state index is 6.02. The molecule has 1 unspecified atom stereocenters. The lowest BCUT2D eigenvalue weighted by Crippen LogP contribution is -2.36. The highest BCUT2D eigenvalue weighted by Crippen LogP contribution is 2.27. The summed E-state index contributed by atoms with van der Waals surface area (Å²) in [4.78, 5) is 4.36. The van der Waals surface area contributed by atoms with Crippen molar-refractivity contribution >= 4 is 5.96 Å². The lowest BCUT2D eigenvalue weighted by atomic mass is 9.89. The first-order chi connectivity index (χ1) is 10.3. The zero-order chi connectivity index (χ0) is 14.9. The normalized spacial score (nSPS) is 18.4. The van der Waals surface area contributed by atoms with E-state index in [4.69, 9.17) is 10.5 Å². The van der Waals surface area contributed by atoms with E-state index in [1.807, 2.05) is 6.07 Å². The SMILES string of the molecule is CCCN=C(N)NC(CC1CCOCC1)c1ccccc1. The third kappa shape index (κ3) is 5.38. The minimum atomic E-state index is 0.231. The monoisotopic (exact) mass is 289 g/mol. The Bertz CT molecular complexity index is 427. The minimum absolute atomic E-state index is 0.231. The average molecular weight is 289 g/mol. The molecule has 21 heavy (non-hydrogen) atoms. The van der Waals surface area contributed by atoms with Crippen LogP contribution in [0.3, 0.4) is 0 Å². The van der Waals surface area contributed by atoms with Gasteiger partial charge in [0.15, 0.2) is 5.96 Å². The van der Waals surface area contributed by atoms with Crippen molar-refractivity contribution in [2.75, 3.05) is 19.8 Å². The van der Waals surface area contributed by atoms with E-state index in [9.17, 15) is 0 Å². The number of benzene rings is 1. The lowest BCUT2D eigenvalue weighted by Gasteiger charge is -2.28. The molecule has 1 fully saturated rings. The molecule has 116 valence electrons. The van der Waals surface area contributed by atoms with Gasteiger partial charge in [-0.3, -0.25) is 4.99 Å². The van der Waals surface area contributed by atoms with Gasteiger partial charge >= 0.3 is 0 Å². The first-order valence-corrected chi connectivity index (χ1v) is 7.98. The van der Waals surface area contributed by atoms with E-state index < -0.39 is 0 Å². The molecule has 1 aliphatic heterocycles. The topological polar surface area (TPSA) is 59.6 Å². The van der Waals surface area contributed by atoms with Crippen LogP contribution in [0.5, 0.6) is 0 Å². The van der Waals surface area contributed by atoms with Crippen LogP contribution in [-0.4, -0.2) is 25.7 Å². The molecule has 1 saturated heterocycles. The van der Waals surface area contributed by atoms with E-state index in [1.54, 1.807) is 0 Å². The summed E-state index contributed by atoms with van der Waals surface area (Å²) in [6.45, 7) is 4.64. The Kier molecular flexibility index (Phi) is 6.54. The van der Waals surface area contributed by atoms with Crippen LogP contribution in [-0.2, 0) is 4.74 Å². The van der Waals surface area contributed by atoms with Gasteiger partial charge < -0.3 is 15.8 Å². The molecule has 0 radical (unpaired) electrons. The molecule has 0 aliphatic carbocycles. The summed E-state index contributed by atoms with van der Waals surface area (Å²) in [7, 11) is 0. The maximum Gasteiger partial charge on any atom is 0.189 e. The molecule has 0 aromatic heterocycles. The highest BCUT2D eigenvalue weighted by molar-refractivity contribution is 5.78. The van der Waals surface area contributed by atoms with E-state index in [0.29, 0.717) is 11.9 Å². The van der Waals surface area contributed by atoms with E-state index in [2.05, 4.69) is 41.5 Å². The number of rotatable bonds is 6. The molecule has 2 rings (SSSR count). The molecular weight excluding hydrogens is 262 g/mol. The first kappa shape index (κ1) is 15.8. The summed E-state index contributed by atoms with van der Waals surface area (Å²) in [6.07, 6.45) is 4.36. The molecule has 1 aliphatic rings. The van der Waals surface area contributed by atoms with Gasteiger partial charge in [-0.15, -0.1) is 0 Å². The second-order valence-corrected chi connectivity index (χ2v) is 5.67. The Hall–Kier alpha value is -1.55. The van der Waals surface area contributed by atoms with Crippen molar-refractivity contribution in [3.05, 3.63) is 35.9 Å². The van der Waals surface area contributed by atoms with Gasteiger partial charge in [0.2, 0.25) is 0 Å². The number of hydrogen-bond donors (Lipinski definition) is 2. The lowest BCUT2D eigenvalue weighted by molar-refractivity contribution is 0.0612. The summed E-state index contributed by atoms with van der Waals surface area (Å²) in [5, 5.41) is 3.40. The zero-order valence-corrected chi connectivity index (χ0v) is 12.9. The second-order valence-electron chi connectivity index (χ2n) is 5.67. The van der Waals surface area contributed by atoms with Crippen molar-refractivity contribution in [1.29, 1.82) is 0 Å². The molecular formula is C17H27N3O. The van der Waals surface area contributed by atoms with Gasteiger partial charge in [-0.25, -0.2) is 0 Å². The van der Waals surface area contributed by atoms with Crippen LogP contribution >= 0.6 is 0 Å². The highest BCUT2D eigenvalue weighted by Gasteiger charge is 2.20. The summed E-state index contributed by atoms with van der Waals surface area (Å²) < 4.78 is 5.45. The molecule has 4 nitrogen and oxygen atoms in total. The summed E-state index contributed by atoms with van der Waals surface area (Å²) in [5.41, 5.74) is 7.29. The van der Waals surface area contributed by atoms with Crippen molar-refractivity contribution in [1.82, 2.24) is 5.32 Å². The van der Waals surface area contributed by atoms with E-state index >= 15 is 0 Å². The Morgan fingerprint density at radius 2 is 2.05 bits per heavy atom. The minimum Gasteiger partial charge on any atom is -0.381 e. The molecule has 1 aromatic rings. The molecule has 1 heterocycles. The van der Waals surface area contributed by atoms with Crippen LogP contribution < -0.4 is 11.1 Å². The predicted molar refractivity (Wildman–Crippen MR) is 87.3 cm³/mol. The van der Waals surface area contributed by atoms with Crippen molar-refractivity contribution < 1.29 is 4.74 Å². The highest BCUT2D eigenvalue weighted by atomic mass is 16.5. The van der Waals surface area contributed by atoms with Crippen LogP contribution in [0.25, 0.3) is 0 Å². The van der Waals surface area contributed by atoms with Gasteiger partial charge in [0, 0.05) is 19.8 Å². The van der Waals surface area contributed by atoms with Gasteiger partial charge in [0.05, 0.1) is 6.04 Å². The fraction of sp³-hybridized carbons (Fsp3) is 0.588. The number of ether oxygens (including phenoxy) is 1. The molecule has 0 spiro atoms. The van der Waals surface area contributed by atoms with E-state index in [-0.39, 0.29) is 6.04 Å². The number of aliphatic imine (C=N–C) groups is 1. The number of hydrogen-bond acceptors (Lipinski definition) is 2. The molecule has 4 heteroatoms. The van der Waals surface area contributed by atoms with Gasteiger partial charge in [-0.1, -0.05) is 37.3 Å². The Morgan fingerprint density at radius 3 is 2.71 bits per heavy atom. The fourth-order valence-corrected chi connectivity index (χ4v) is 2.74. The molecule has 0 saturated carbocycles. The number of nitrogens with two attached hydrogens (primary N) is 1.